The van der Waals surface area contributed by atoms with Crippen LogP contribution in [0.15, 0.2) is 73.6 Å². The van der Waals surface area contributed by atoms with E-state index < -0.39 is 20.0 Å². The SMILES string of the molecule is COc1ccccc1NS(=O)(=O)c1ccc(NS(=O)(=O)c2ccc(Br)s2)cc1. The van der Waals surface area contributed by atoms with Crippen LogP contribution in [-0.2, 0) is 20.0 Å². The summed E-state index contributed by atoms with van der Waals surface area (Å²) >= 11 is 4.30. The van der Waals surface area contributed by atoms with Gasteiger partial charge in [0, 0.05) is 5.69 Å². The molecule has 1 aromatic heterocycles. The van der Waals surface area contributed by atoms with E-state index >= 15 is 0 Å². The van der Waals surface area contributed by atoms with Gasteiger partial charge in [-0.15, -0.1) is 11.3 Å². The molecule has 7 nitrogen and oxygen atoms in total. The lowest BCUT2D eigenvalue weighted by Gasteiger charge is -2.12. The van der Waals surface area contributed by atoms with Gasteiger partial charge in [-0.05, 0) is 64.5 Å². The van der Waals surface area contributed by atoms with E-state index in [0.717, 1.165) is 11.3 Å². The summed E-state index contributed by atoms with van der Waals surface area (Å²) in [5.41, 5.74) is 0.554. The van der Waals surface area contributed by atoms with Crippen molar-refractivity contribution in [2.75, 3.05) is 16.6 Å². The first-order valence-electron chi connectivity index (χ1n) is 7.75. The van der Waals surface area contributed by atoms with E-state index in [0.29, 0.717) is 15.2 Å². The monoisotopic (exact) mass is 502 g/mol. The zero-order valence-corrected chi connectivity index (χ0v) is 18.5. The van der Waals surface area contributed by atoms with E-state index in [4.69, 9.17) is 4.74 Å². The van der Waals surface area contributed by atoms with Crippen LogP contribution in [0.3, 0.4) is 0 Å². The van der Waals surface area contributed by atoms with Crippen LogP contribution in [0.2, 0.25) is 0 Å². The third-order valence-electron chi connectivity index (χ3n) is 3.58. The fourth-order valence-corrected chi connectivity index (χ4v) is 6.42. The zero-order valence-electron chi connectivity index (χ0n) is 14.4. The molecule has 0 fully saturated rings. The van der Waals surface area contributed by atoms with Crippen LogP contribution in [0.5, 0.6) is 5.75 Å². The second kappa shape index (κ2) is 8.11. The molecule has 0 saturated heterocycles. The van der Waals surface area contributed by atoms with Crippen LogP contribution in [0.25, 0.3) is 0 Å². The number of hydrogen-bond acceptors (Lipinski definition) is 6. The lowest BCUT2D eigenvalue weighted by Crippen LogP contribution is -2.14. The summed E-state index contributed by atoms with van der Waals surface area (Å²) in [6.45, 7) is 0. The molecular weight excluding hydrogens is 488 g/mol. The van der Waals surface area contributed by atoms with Gasteiger partial charge in [0.2, 0.25) is 0 Å². The van der Waals surface area contributed by atoms with Crippen molar-refractivity contribution < 1.29 is 21.6 Å². The number of thiophene rings is 1. The third-order valence-corrected chi connectivity index (χ3v) is 8.46. The van der Waals surface area contributed by atoms with Crippen LogP contribution in [0.4, 0.5) is 11.4 Å². The van der Waals surface area contributed by atoms with E-state index in [9.17, 15) is 16.8 Å². The number of anilines is 2. The molecule has 3 rings (SSSR count). The Bertz CT molecular complexity index is 1190. The summed E-state index contributed by atoms with van der Waals surface area (Å²) in [6.07, 6.45) is 0. The Morgan fingerprint density at radius 1 is 0.857 bits per heavy atom. The number of nitrogens with one attached hydrogen (secondary N) is 2. The number of hydrogen-bond donors (Lipinski definition) is 2. The Balaban J connectivity index is 1.80. The van der Waals surface area contributed by atoms with Crippen LogP contribution in [0, 0.1) is 0 Å². The highest BCUT2D eigenvalue weighted by atomic mass is 79.9. The minimum Gasteiger partial charge on any atom is -0.495 e. The van der Waals surface area contributed by atoms with Gasteiger partial charge < -0.3 is 4.74 Å². The average Bonchev–Trinajstić information content (AvgIpc) is 3.09. The molecular formula is C17H15BrN2O5S3. The van der Waals surface area contributed by atoms with Crippen molar-refractivity contribution >= 4 is 58.7 Å². The molecule has 1 heterocycles. The van der Waals surface area contributed by atoms with Crippen LogP contribution in [0.1, 0.15) is 0 Å². The van der Waals surface area contributed by atoms with Gasteiger partial charge in [-0.1, -0.05) is 12.1 Å². The maximum atomic E-state index is 12.6. The van der Waals surface area contributed by atoms with Crippen LogP contribution < -0.4 is 14.2 Å². The molecule has 0 aliphatic heterocycles. The van der Waals surface area contributed by atoms with Gasteiger partial charge in [-0.25, -0.2) is 16.8 Å². The number of para-hydroxylation sites is 2. The van der Waals surface area contributed by atoms with Gasteiger partial charge in [0.25, 0.3) is 20.0 Å². The highest BCUT2D eigenvalue weighted by Gasteiger charge is 2.19. The van der Waals surface area contributed by atoms with Crippen molar-refractivity contribution in [2.24, 2.45) is 0 Å². The van der Waals surface area contributed by atoms with E-state index in [1.807, 2.05) is 0 Å². The van der Waals surface area contributed by atoms with E-state index in [1.54, 1.807) is 30.3 Å². The number of methoxy groups -OCH3 is 1. The average molecular weight is 503 g/mol. The maximum absolute atomic E-state index is 12.6. The van der Waals surface area contributed by atoms with Crippen molar-refractivity contribution in [1.82, 2.24) is 0 Å². The van der Waals surface area contributed by atoms with Crippen molar-refractivity contribution in [1.29, 1.82) is 0 Å². The quantitative estimate of drug-likeness (QED) is 0.505. The molecule has 2 aromatic carbocycles. The summed E-state index contributed by atoms with van der Waals surface area (Å²) in [5, 5.41) is 0. The molecule has 0 atom stereocenters. The Labute approximate surface area is 175 Å². The Morgan fingerprint density at radius 3 is 2.14 bits per heavy atom. The van der Waals surface area contributed by atoms with Gasteiger partial charge in [0.1, 0.15) is 9.96 Å². The second-order valence-corrected chi connectivity index (χ2v) is 11.5. The molecule has 0 bridgehead atoms. The molecule has 0 amide bonds. The fraction of sp³-hybridized carbons (Fsp3) is 0.0588. The first-order valence-corrected chi connectivity index (χ1v) is 12.3. The molecule has 0 aliphatic rings. The third kappa shape index (κ3) is 4.66. The molecule has 0 unspecified atom stereocenters. The predicted molar refractivity (Wildman–Crippen MR) is 113 cm³/mol. The molecule has 148 valence electrons. The first kappa shape index (κ1) is 20.6. The van der Waals surface area contributed by atoms with Gasteiger partial charge in [0.15, 0.2) is 0 Å². The smallest absolute Gasteiger partial charge is 0.271 e. The second-order valence-electron chi connectivity index (χ2n) is 5.49. The van der Waals surface area contributed by atoms with Crippen LogP contribution in [-0.4, -0.2) is 23.9 Å². The Kier molecular flexibility index (Phi) is 5.98. The molecule has 28 heavy (non-hydrogen) atoms. The Morgan fingerprint density at radius 2 is 1.54 bits per heavy atom. The summed E-state index contributed by atoms with van der Waals surface area (Å²) in [4.78, 5) is -0.0137. The summed E-state index contributed by atoms with van der Waals surface area (Å²) in [6, 6.07) is 15.2. The summed E-state index contributed by atoms with van der Waals surface area (Å²) in [7, 11) is -6.16. The normalized spacial score (nSPS) is 11.8. The predicted octanol–water partition coefficient (Wildman–Crippen LogP) is 4.12. The number of halogens is 1. The van der Waals surface area contributed by atoms with Crippen molar-refractivity contribution in [3.05, 3.63) is 64.5 Å². The molecule has 2 N–H and O–H groups in total. The standard InChI is InChI=1S/C17H15BrN2O5S3/c1-25-15-5-3-2-4-14(15)20-27(21,22)13-8-6-12(7-9-13)19-28(23,24)17-11-10-16(18)26-17/h2-11,19-20H,1H3. The van der Waals surface area contributed by atoms with E-state index in [2.05, 4.69) is 25.4 Å². The largest absolute Gasteiger partial charge is 0.495 e. The van der Waals surface area contributed by atoms with E-state index in [1.165, 1.54) is 37.4 Å². The fourth-order valence-electron chi connectivity index (χ4n) is 2.28. The topological polar surface area (TPSA) is 102 Å². The van der Waals surface area contributed by atoms with Gasteiger partial charge >= 0.3 is 0 Å². The maximum Gasteiger partial charge on any atom is 0.271 e. The number of benzene rings is 2. The molecule has 11 heteroatoms. The van der Waals surface area contributed by atoms with Gasteiger partial charge in [-0.2, -0.15) is 0 Å². The lowest BCUT2D eigenvalue weighted by molar-refractivity contribution is 0.417. The summed E-state index contributed by atoms with van der Waals surface area (Å²) < 4.78 is 60.7. The molecule has 0 spiro atoms. The molecule has 0 radical (unpaired) electrons. The molecule has 0 saturated carbocycles. The van der Waals surface area contributed by atoms with Gasteiger partial charge in [0.05, 0.1) is 21.5 Å². The number of sulfonamides is 2. The number of ether oxygens (including phenoxy) is 1. The van der Waals surface area contributed by atoms with E-state index in [-0.39, 0.29) is 14.8 Å². The molecule has 0 aliphatic carbocycles. The Hall–Kier alpha value is -2.08. The zero-order chi connectivity index (χ0) is 20.4. The summed E-state index contributed by atoms with van der Waals surface area (Å²) in [5.74, 6) is 0.387. The van der Waals surface area contributed by atoms with Crippen LogP contribution >= 0.6 is 27.3 Å². The van der Waals surface area contributed by atoms with Crippen molar-refractivity contribution in [3.8, 4) is 5.75 Å². The highest BCUT2D eigenvalue weighted by molar-refractivity contribution is 9.11. The molecule has 3 aromatic rings. The first-order chi connectivity index (χ1) is 13.2. The lowest BCUT2D eigenvalue weighted by atomic mass is 10.3. The minimum atomic E-state index is -3.87. The number of rotatable bonds is 7. The van der Waals surface area contributed by atoms with Gasteiger partial charge in [-0.3, -0.25) is 9.44 Å². The van der Waals surface area contributed by atoms with Crippen molar-refractivity contribution in [2.45, 2.75) is 9.10 Å². The van der Waals surface area contributed by atoms with Crippen molar-refractivity contribution in [3.63, 3.8) is 0 Å². The highest BCUT2D eigenvalue weighted by Crippen LogP contribution is 2.29. The minimum absolute atomic E-state index is 0.0137.